The summed E-state index contributed by atoms with van der Waals surface area (Å²) in [6.07, 6.45) is 8.21. The van der Waals surface area contributed by atoms with Crippen LogP contribution in [0, 0.1) is 17.3 Å². The van der Waals surface area contributed by atoms with Crippen molar-refractivity contribution in [2.24, 2.45) is 17.3 Å². The quantitative estimate of drug-likeness (QED) is 0.580. The molecule has 5 rings (SSSR count). The van der Waals surface area contributed by atoms with Gasteiger partial charge in [0.25, 0.3) is 0 Å². The van der Waals surface area contributed by atoms with Crippen LogP contribution in [0.25, 0.3) is 0 Å². The molecule has 0 aliphatic heterocycles. The molecule has 1 aromatic carbocycles. The molecule has 2 aromatic rings. The van der Waals surface area contributed by atoms with Crippen molar-refractivity contribution in [1.29, 1.82) is 0 Å². The van der Waals surface area contributed by atoms with Crippen LogP contribution in [0.1, 0.15) is 56.1 Å². The van der Waals surface area contributed by atoms with Crippen LogP contribution in [0.3, 0.4) is 0 Å². The van der Waals surface area contributed by atoms with Crippen LogP contribution >= 0.6 is 0 Å². The van der Waals surface area contributed by atoms with Gasteiger partial charge in [-0.25, -0.2) is 4.98 Å². The summed E-state index contributed by atoms with van der Waals surface area (Å²) >= 11 is 0. The Morgan fingerprint density at radius 2 is 2.08 bits per heavy atom. The summed E-state index contributed by atoms with van der Waals surface area (Å²) in [4.78, 5) is 3.53. The van der Waals surface area contributed by atoms with E-state index in [4.69, 9.17) is 5.73 Å². The number of aromatic hydroxyl groups is 1. The number of rotatable bonds is 0. The number of nitrogens with zero attached hydrogens (tertiary/aromatic N) is 2. The number of fused-ring (bicyclic) bond motifs is 5. The van der Waals surface area contributed by atoms with Gasteiger partial charge in [0.1, 0.15) is 12.1 Å². The SMILES string of the molecule is C[C@]12CC[C@@H]3c4ccc(O)cc4CC[C@H]3[C@@H]1CC[C@@H]2O.Nc1nc[nH]n1. The van der Waals surface area contributed by atoms with Crippen molar-refractivity contribution in [3.05, 3.63) is 35.7 Å². The topological polar surface area (TPSA) is 108 Å². The van der Waals surface area contributed by atoms with E-state index in [1.807, 2.05) is 12.1 Å². The lowest BCUT2D eigenvalue weighted by atomic mass is 9.55. The molecule has 1 aromatic heterocycles. The molecule has 140 valence electrons. The van der Waals surface area contributed by atoms with E-state index in [-0.39, 0.29) is 17.5 Å². The van der Waals surface area contributed by atoms with E-state index in [1.54, 1.807) is 0 Å². The summed E-state index contributed by atoms with van der Waals surface area (Å²) in [7, 11) is 0. The van der Waals surface area contributed by atoms with E-state index in [1.165, 1.54) is 36.7 Å². The van der Waals surface area contributed by atoms with Crippen molar-refractivity contribution in [2.45, 2.75) is 57.5 Å². The average molecular weight is 356 g/mol. The van der Waals surface area contributed by atoms with Crippen molar-refractivity contribution < 1.29 is 10.2 Å². The summed E-state index contributed by atoms with van der Waals surface area (Å²) in [6.45, 7) is 2.32. The predicted octanol–water partition coefficient (Wildman–Crippen LogP) is 3.00. The molecule has 5 atom stereocenters. The van der Waals surface area contributed by atoms with Gasteiger partial charge in [0.2, 0.25) is 5.95 Å². The fraction of sp³-hybridized carbons (Fsp3) is 0.600. The molecule has 26 heavy (non-hydrogen) atoms. The number of phenols is 1. The van der Waals surface area contributed by atoms with Gasteiger partial charge in [-0.15, -0.1) is 5.10 Å². The highest BCUT2D eigenvalue weighted by Gasteiger charge is 2.54. The summed E-state index contributed by atoms with van der Waals surface area (Å²) in [6, 6.07) is 5.96. The minimum Gasteiger partial charge on any atom is -0.508 e. The number of aromatic nitrogens is 3. The third-order valence-electron chi connectivity index (χ3n) is 7.09. The number of H-pyrrole nitrogens is 1. The Kier molecular flexibility index (Phi) is 4.39. The number of aliphatic hydroxyl groups is 1. The van der Waals surface area contributed by atoms with Gasteiger partial charge in [-0.05, 0) is 85.0 Å². The maximum Gasteiger partial charge on any atom is 0.239 e. The Morgan fingerprint density at radius 1 is 1.23 bits per heavy atom. The first-order chi connectivity index (χ1) is 12.5. The van der Waals surface area contributed by atoms with Crippen molar-refractivity contribution in [2.75, 3.05) is 5.73 Å². The zero-order valence-electron chi connectivity index (χ0n) is 15.2. The summed E-state index contributed by atoms with van der Waals surface area (Å²) in [5.74, 6) is 2.78. The van der Waals surface area contributed by atoms with Crippen LogP contribution in [0.15, 0.2) is 24.5 Å². The third kappa shape index (κ3) is 2.86. The van der Waals surface area contributed by atoms with Gasteiger partial charge in [0.15, 0.2) is 0 Å². The highest BCUT2D eigenvalue weighted by atomic mass is 16.3. The minimum absolute atomic E-state index is 0.0883. The second-order valence-electron chi connectivity index (χ2n) is 8.29. The number of hydrogen-bond acceptors (Lipinski definition) is 5. The summed E-state index contributed by atoms with van der Waals surface area (Å²) in [5, 5.41) is 26.0. The average Bonchev–Trinajstić information content (AvgIpc) is 3.22. The molecule has 0 bridgehead atoms. The fourth-order valence-corrected chi connectivity index (χ4v) is 5.76. The van der Waals surface area contributed by atoms with E-state index in [2.05, 4.69) is 28.2 Å². The number of aryl methyl sites for hydroxylation is 1. The molecule has 0 amide bonds. The Bertz CT molecular complexity index is 763. The van der Waals surface area contributed by atoms with Crippen LogP contribution in [0.4, 0.5) is 5.95 Å². The van der Waals surface area contributed by atoms with Crippen LogP contribution in [0.2, 0.25) is 0 Å². The van der Waals surface area contributed by atoms with Crippen molar-refractivity contribution >= 4 is 5.95 Å². The number of nitrogen functional groups attached to an aromatic ring is 1. The molecular weight excluding hydrogens is 328 g/mol. The maximum atomic E-state index is 10.4. The summed E-state index contributed by atoms with van der Waals surface area (Å²) in [5.41, 5.74) is 8.02. The molecule has 0 spiro atoms. The van der Waals surface area contributed by atoms with Gasteiger partial charge >= 0.3 is 0 Å². The first-order valence-electron chi connectivity index (χ1n) is 9.60. The number of nitrogens with two attached hydrogens (primary N) is 1. The lowest BCUT2D eigenvalue weighted by Crippen LogP contribution is -2.43. The first kappa shape index (κ1) is 17.3. The van der Waals surface area contributed by atoms with Crippen molar-refractivity contribution in [3.63, 3.8) is 0 Å². The molecule has 6 heteroatoms. The van der Waals surface area contributed by atoms with Crippen molar-refractivity contribution in [1.82, 2.24) is 15.2 Å². The monoisotopic (exact) mass is 356 g/mol. The molecule has 6 nitrogen and oxygen atoms in total. The van der Waals surface area contributed by atoms with E-state index >= 15 is 0 Å². The minimum atomic E-state index is -0.0883. The number of aliphatic hydroxyl groups excluding tert-OH is 1. The molecule has 0 saturated heterocycles. The summed E-state index contributed by atoms with van der Waals surface area (Å²) < 4.78 is 0. The Hall–Kier alpha value is -2.08. The van der Waals surface area contributed by atoms with E-state index in [0.29, 0.717) is 17.6 Å². The van der Waals surface area contributed by atoms with Crippen LogP contribution in [-0.2, 0) is 6.42 Å². The number of phenolic OH excluding ortho intramolecular Hbond substituents is 1. The standard InChI is InChI=1S/C18H24O2.C2H4N4/c1-18-9-8-14-13-5-3-12(19)10-11(13)2-4-15(14)16(18)6-7-17(18)20;3-2-4-1-5-6-2/h3,5,10,14-17,19-20H,2,4,6-9H2,1H3;1H,(H3,3,4,5,6)/t14-,15-,16+,17+,18+;/m1./s1. The lowest BCUT2D eigenvalue weighted by Gasteiger charge is -2.50. The Morgan fingerprint density at radius 3 is 2.77 bits per heavy atom. The first-order valence-corrected chi connectivity index (χ1v) is 9.60. The van der Waals surface area contributed by atoms with Gasteiger partial charge in [-0.1, -0.05) is 13.0 Å². The number of hydrogen-bond donors (Lipinski definition) is 4. The second kappa shape index (κ2) is 6.58. The fourth-order valence-electron chi connectivity index (χ4n) is 5.76. The second-order valence-corrected chi connectivity index (χ2v) is 8.29. The third-order valence-corrected chi connectivity index (χ3v) is 7.09. The zero-order chi connectivity index (χ0) is 18.3. The number of anilines is 1. The normalized spacial score (nSPS) is 34.8. The Balaban J connectivity index is 0.000000240. The van der Waals surface area contributed by atoms with Gasteiger partial charge < -0.3 is 15.9 Å². The van der Waals surface area contributed by atoms with E-state index in [0.717, 1.165) is 25.2 Å². The van der Waals surface area contributed by atoms with Crippen LogP contribution in [0.5, 0.6) is 5.75 Å². The highest BCUT2D eigenvalue weighted by molar-refractivity contribution is 5.40. The van der Waals surface area contributed by atoms with Gasteiger partial charge in [0, 0.05) is 0 Å². The van der Waals surface area contributed by atoms with Gasteiger partial charge in [-0.3, -0.25) is 5.10 Å². The molecule has 1 heterocycles. The van der Waals surface area contributed by atoms with E-state index in [9.17, 15) is 10.2 Å². The molecule has 0 radical (unpaired) electrons. The molecule has 2 saturated carbocycles. The Labute approximate surface area is 153 Å². The molecule has 3 aliphatic carbocycles. The van der Waals surface area contributed by atoms with Gasteiger partial charge in [-0.2, -0.15) is 0 Å². The molecule has 2 fully saturated rings. The maximum absolute atomic E-state index is 10.4. The van der Waals surface area contributed by atoms with Crippen molar-refractivity contribution in [3.8, 4) is 5.75 Å². The van der Waals surface area contributed by atoms with E-state index < -0.39 is 0 Å². The van der Waals surface area contributed by atoms with Crippen LogP contribution in [-0.4, -0.2) is 31.5 Å². The van der Waals surface area contributed by atoms with Crippen LogP contribution < -0.4 is 5.73 Å². The molecule has 3 aliphatic rings. The highest BCUT2D eigenvalue weighted by Crippen LogP contribution is 2.60. The predicted molar refractivity (Wildman–Crippen MR) is 99.5 cm³/mol. The number of nitrogens with one attached hydrogen (secondary N) is 1. The smallest absolute Gasteiger partial charge is 0.239 e. The molecule has 5 N–H and O–H groups in total. The molecule has 0 unspecified atom stereocenters. The zero-order valence-corrected chi connectivity index (χ0v) is 15.2. The molecular formula is C20H28N4O2. The van der Waals surface area contributed by atoms with Gasteiger partial charge in [0.05, 0.1) is 6.10 Å². The lowest BCUT2D eigenvalue weighted by molar-refractivity contribution is -0.0226. The number of aromatic amines is 1. The largest absolute Gasteiger partial charge is 0.508 e. The number of benzene rings is 1.